The molecule has 0 spiro atoms. The first-order chi connectivity index (χ1) is 10.2. The van der Waals surface area contributed by atoms with Crippen molar-refractivity contribution < 1.29 is 19.1 Å². The molecule has 1 aromatic carbocycles. The molecule has 1 N–H and O–H groups in total. The van der Waals surface area contributed by atoms with Crippen molar-refractivity contribution in [2.75, 3.05) is 18.5 Å². The summed E-state index contributed by atoms with van der Waals surface area (Å²) in [5.74, 6) is 0.446. The van der Waals surface area contributed by atoms with Crippen LogP contribution < -0.4 is 14.8 Å². The Labute approximate surface area is 122 Å². The van der Waals surface area contributed by atoms with Crippen LogP contribution in [0.25, 0.3) is 0 Å². The summed E-state index contributed by atoms with van der Waals surface area (Å²) in [7, 11) is 0. The SMILES string of the molecule is CCCC(=O)c1cc2c(cc1NC(=O)CC#N)OCCO2. The van der Waals surface area contributed by atoms with E-state index in [1.165, 1.54) is 0 Å². The summed E-state index contributed by atoms with van der Waals surface area (Å²) in [6, 6.07) is 4.94. The summed E-state index contributed by atoms with van der Waals surface area (Å²) in [6.45, 7) is 2.75. The van der Waals surface area contributed by atoms with Gasteiger partial charge in [-0.25, -0.2) is 0 Å². The number of amides is 1. The van der Waals surface area contributed by atoms with Crippen LogP contribution in [0.3, 0.4) is 0 Å². The molecule has 0 aliphatic carbocycles. The van der Waals surface area contributed by atoms with E-state index in [1.807, 2.05) is 6.92 Å². The van der Waals surface area contributed by atoms with Crippen LogP contribution in [0.4, 0.5) is 5.69 Å². The average molecular weight is 288 g/mol. The maximum atomic E-state index is 12.2. The quantitative estimate of drug-likeness (QED) is 0.840. The maximum absolute atomic E-state index is 12.2. The van der Waals surface area contributed by atoms with Crippen LogP contribution in [-0.2, 0) is 4.79 Å². The first kappa shape index (κ1) is 14.9. The molecular weight excluding hydrogens is 272 g/mol. The van der Waals surface area contributed by atoms with Crippen LogP contribution in [0.5, 0.6) is 11.5 Å². The minimum atomic E-state index is -0.459. The molecule has 6 heteroatoms. The fourth-order valence-corrected chi connectivity index (χ4v) is 2.05. The van der Waals surface area contributed by atoms with Crippen molar-refractivity contribution in [2.45, 2.75) is 26.2 Å². The van der Waals surface area contributed by atoms with Crippen LogP contribution >= 0.6 is 0 Å². The molecule has 21 heavy (non-hydrogen) atoms. The highest BCUT2D eigenvalue weighted by Crippen LogP contribution is 2.36. The van der Waals surface area contributed by atoms with Crippen molar-refractivity contribution in [1.82, 2.24) is 0 Å². The van der Waals surface area contributed by atoms with Gasteiger partial charge in [0.05, 0.1) is 11.8 Å². The molecule has 0 unspecified atom stereocenters. The van der Waals surface area contributed by atoms with E-state index in [4.69, 9.17) is 14.7 Å². The summed E-state index contributed by atoms with van der Waals surface area (Å²) in [6.07, 6.45) is 0.815. The van der Waals surface area contributed by atoms with Gasteiger partial charge in [0.25, 0.3) is 0 Å². The molecule has 0 saturated heterocycles. The molecule has 1 aromatic rings. The predicted molar refractivity (Wildman–Crippen MR) is 75.5 cm³/mol. The second-order valence-corrected chi connectivity index (χ2v) is 4.60. The van der Waals surface area contributed by atoms with Gasteiger partial charge in [-0.1, -0.05) is 6.92 Å². The van der Waals surface area contributed by atoms with Crippen LogP contribution in [-0.4, -0.2) is 24.9 Å². The minimum absolute atomic E-state index is 0.0817. The molecule has 0 fully saturated rings. The van der Waals surface area contributed by atoms with E-state index in [-0.39, 0.29) is 12.2 Å². The number of carbonyl (C=O) groups is 2. The van der Waals surface area contributed by atoms with E-state index in [2.05, 4.69) is 5.32 Å². The third-order valence-corrected chi connectivity index (χ3v) is 2.97. The highest BCUT2D eigenvalue weighted by atomic mass is 16.6. The fourth-order valence-electron chi connectivity index (χ4n) is 2.05. The van der Waals surface area contributed by atoms with Crippen molar-refractivity contribution in [3.05, 3.63) is 17.7 Å². The van der Waals surface area contributed by atoms with Crippen LogP contribution in [0, 0.1) is 11.3 Å². The number of hydrogen-bond acceptors (Lipinski definition) is 5. The van der Waals surface area contributed by atoms with E-state index in [0.717, 1.165) is 0 Å². The largest absolute Gasteiger partial charge is 0.486 e. The summed E-state index contributed by atoms with van der Waals surface area (Å²) < 4.78 is 10.9. The van der Waals surface area contributed by atoms with Gasteiger partial charge >= 0.3 is 0 Å². The highest BCUT2D eigenvalue weighted by molar-refractivity contribution is 6.05. The lowest BCUT2D eigenvalue weighted by Gasteiger charge is -2.21. The first-order valence-corrected chi connectivity index (χ1v) is 6.79. The van der Waals surface area contributed by atoms with E-state index < -0.39 is 5.91 Å². The van der Waals surface area contributed by atoms with Crippen molar-refractivity contribution >= 4 is 17.4 Å². The third kappa shape index (κ3) is 3.51. The normalized spacial score (nSPS) is 12.4. The molecular formula is C15H16N2O4. The van der Waals surface area contributed by atoms with Crippen molar-refractivity contribution in [3.63, 3.8) is 0 Å². The predicted octanol–water partition coefficient (Wildman–Crippen LogP) is 2.29. The Morgan fingerprint density at radius 2 is 1.95 bits per heavy atom. The van der Waals surface area contributed by atoms with Gasteiger partial charge in [0.1, 0.15) is 19.6 Å². The number of rotatable bonds is 5. The van der Waals surface area contributed by atoms with Crippen molar-refractivity contribution in [2.24, 2.45) is 0 Å². The standard InChI is InChI=1S/C15H16N2O4/c1-2-3-12(18)10-8-13-14(21-7-6-20-13)9-11(10)17-15(19)4-5-16/h8-9H,2-4,6-7H2,1H3,(H,17,19). The second kappa shape index (κ2) is 6.75. The first-order valence-electron chi connectivity index (χ1n) is 6.79. The molecule has 0 bridgehead atoms. The van der Waals surface area contributed by atoms with Crippen LogP contribution in [0.15, 0.2) is 12.1 Å². The van der Waals surface area contributed by atoms with E-state index in [0.29, 0.717) is 48.8 Å². The molecule has 1 heterocycles. The van der Waals surface area contributed by atoms with Gasteiger partial charge in [-0.2, -0.15) is 5.26 Å². The molecule has 0 atom stereocenters. The number of Topliss-reactive ketones (excluding diaryl/α,β-unsaturated/α-hetero) is 1. The molecule has 1 aliphatic rings. The van der Waals surface area contributed by atoms with Gasteiger partial charge in [0, 0.05) is 18.1 Å². The second-order valence-electron chi connectivity index (χ2n) is 4.60. The van der Waals surface area contributed by atoms with Gasteiger partial charge in [-0.15, -0.1) is 0 Å². The Kier molecular flexibility index (Phi) is 4.77. The molecule has 0 radical (unpaired) electrons. The molecule has 1 aliphatic heterocycles. The van der Waals surface area contributed by atoms with E-state index in [9.17, 15) is 9.59 Å². The average Bonchev–Trinajstić information content (AvgIpc) is 2.47. The Hall–Kier alpha value is -2.55. The van der Waals surface area contributed by atoms with Gasteiger partial charge in [0.2, 0.25) is 5.91 Å². The summed E-state index contributed by atoms with van der Waals surface area (Å²) in [5, 5.41) is 11.1. The summed E-state index contributed by atoms with van der Waals surface area (Å²) >= 11 is 0. The Balaban J connectivity index is 2.37. The smallest absolute Gasteiger partial charge is 0.238 e. The number of fused-ring (bicyclic) bond motifs is 1. The van der Waals surface area contributed by atoms with Gasteiger partial charge in [0.15, 0.2) is 17.3 Å². The molecule has 6 nitrogen and oxygen atoms in total. The van der Waals surface area contributed by atoms with Crippen molar-refractivity contribution in [3.8, 4) is 17.6 Å². The lowest BCUT2D eigenvalue weighted by atomic mass is 10.0. The number of benzene rings is 1. The van der Waals surface area contributed by atoms with Crippen LogP contribution in [0.1, 0.15) is 36.5 Å². The van der Waals surface area contributed by atoms with E-state index >= 15 is 0 Å². The number of hydrogen-bond donors (Lipinski definition) is 1. The van der Waals surface area contributed by atoms with Gasteiger partial charge in [-0.3, -0.25) is 9.59 Å². The number of ether oxygens (including phenoxy) is 2. The number of ketones is 1. The lowest BCUT2D eigenvalue weighted by molar-refractivity contribution is -0.115. The number of nitrogens with one attached hydrogen (secondary N) is 1. The van der Waals surface area contributed by atoms with E-state index in [1.54, 1.807) is 18.2 Å². The topological polar surface area (TPSA) is 88.4 Å². The molecule has 0 saturated carbocycles. The van der Waals surface area contributed by atoms with Crippen LogP contribution in [0.2, 0.25) is 0 Å². The molecule has 2 rings (SSSR count). The highest BCUT2D eigenvalue weighted by Gasteiger charge is 2.20. The third-order valence-electron chi connectivity index (χ3n) is 2.97. The van der Waals surface area contributed by atoms with Crippen molar-refractivity contribution in [1.29, 1.82) is 5.26 Å². The Bertz CT molecular complexity index is 604. The number of nitriles is 1. The monoisotopic (exact) mass is 288 g/mol. The number of carbonyl (C=O) groups excluding carboxylic acids is 2. The Morgan fingerprint density at radius 3 is 2.57 bits per heavy atom. The zero-order valence-corrected chi connectivity index (χ0v) is 11.8. The lowest BCUT2D eigenvalue weighted by Crippen LogP contribution is -2.18. The summed E-state index contributed by atoms with van der Waals surface area (Å²) in [4.78, 5) is 23.8. The Morgan fingerprint density at radius 1 is 1.29 bits per heavy atom. The number of anilines is 1. The maximum Gasteiger partial charge on any atom is 0.238 e. The zero-order chi connectivity index (χ0) is 15.2. The zero-order valence-electron chi connectivity index (χ0n) is 11.8. The molecule has 1 amide bonds. The molecule has 110 valence electrons. The molecule has 0 aromatic heterocycles. The summed E-state index contributed by atoms with van der Waals surface area (Å²) in [5.41, 5.74) is 0.741. The fraction of sp³-hybridized carbons (Fsp3) is 0.400. The number of nitrogens with zero attached hydrogens (tertiary/aromatic N) is 1. The van der Waals surface area contributed by atoms with Gasteiger partial charge in [-0.05, 0) is 12.5 Å². The van der Waals surface area contributed by atoms with Gasteiger partial charge < -0.3 is 14.8 Å². The minimum Gasteiger partial charge on any atom is -0.486 e.